The second-order valence-electron chi connectivity index (χ2n) is 3.41. The molecule has 16 heavy (non-hydrogen) atoms. The summed E-state index contributed by atoms with van der Waals surface area (Å²) in [6, 6.07) is 2.00. The molecule has 5 nitrogen and oxygen atoms in total. The maximum atomic E-state index is 5.08. The molecule has 0 fully saturated rings. The van der Waals surface area contributed by atoms with Gasteiger partial charge in [0, 0.05) is 39.9 Å². The molecular weight excluding hydrogens is 224 g/mol. The molecule has 0 saturated heterocycles. The van der Waals surface area contributed by atoms with Gasteiger partial charge in [-0.1, -0.05) is 0 Å². The molecule has 1 heterocycles. The number of aryl methyl sites for hydroxylation is 1. The number of hydrogen-bond acceptors (Lipinski definition) is 3. The van der Waals surface area contributed by atoms with Crippen LogP contribution in [-0.2, 0) is 18.2 Å². The smallest absolute Gasteiger partial charge is 0.166 e. The minimum Gasteiger partial charge on any atom is -0.383 e. The van der Waals surface area contributed by atoms with Crippen molar-refractivity contribution in [1.29, 1.82) is 0 Å². The number of rotatable bonds is 6. The summed E-state index contributed by atoms with van der Waals surface area (Å²) in [4.78, 5) is 0. The lowest BCUT2D eigenvalue weighted by Crippen LogP contribution is -2.37. The first kappa shape index (κ1) is 12.9. The SMILES string of the molecule is COCCNC(=S)NCCc1ccn(C)n1. The Morgan fingerprint density at radius 2 is 2.25 bits per heavy atom. The highest BCUT2D eigenvalue weighted by atomic mass is 32.1. The van der Waals surface area contributed by atoms with Crippen molar-refractivity contribution in [1.82, 2.24) is 20.4 Å². The summed E-state index contributed by atoms with van der Waals surface area (Å²) in [5.74, 6) is 0. The van der Waals surface area contributed by atoms with Gasteiger partial charge < -0.3 is 15.4 Å². The molecule has 0 aliphatic rings. The summed E-state index contributed by atoms with van der Waals surface area (Å²) in [6.07, 6.45) is 2.80. The minimum absolute atomic E-state index is 0.655. The molecule has 1 rings (SSSR count). The zero-order valence-corrected chi connectivity index (χ0v) is 10.5. The van der Waals surface area contributed by atoms with Crippen LogP contribution in [0.1, 0.15) is 5.69 Å². The van der Waals surface area contributed by atoms with Crippen molar-refractivity contribution in [2.24, 2.45) is 7.05 Å². The van der Waals surface area contributed by atoms with Gasteiger partial charge in [0.1, 0.15) is 0 Å². The third-order valence-electron chi connectivity index (χ3n) is 2.03. The van der Waals surface area contributed by atoms with Crippen LogP contribution in [0.15, 0.2) is 12.3 Å². The van der Waals surface area contributed by atoms with E-state index in [1.807, 2.05) is 19.3 Å². The minimum atomic E-state index is 0.655. The molecule has 0 bridgehead atoms. The summed E-state index contributed by atoms with van der Waals surface area (Å²) < 4.78 is 6.70. The summed E-state index contributed by atoms with van der Waals surface area (Å²) >= 11 is 5.08. The van der Waals surface area contributed by atoms with Gasteiger partial charge in [-0.3, -0.25) is 4.68 Å². The molecule has 0 aliphatic carbocycles. The molecule has 0 aliphatic heterocycles. The number of hydrogen-bond donors (Lipinski definition) is 2. The van der Waals surface area contributed by atoms with Crippen molar-refractivity contribution in [3.63, 3.8) is 0 Å². The number of aromatic nitrogens is 2. The quantitative estimate of drug-likeness (QED) is 0.546. The molecular formula is C10H18N4OS. The normalized spacial score (nSPS) is 10.1. The van der Waals surface area contributed by atoms with E-state index >= 15 is 0 Å². The predicted octanol–water partition coefficient (Wildman–Crippen LogP) is 0.0731. The molecule has 0 aromatic carbocycles. The van der Waals surface area contributed by atoms with Crippen LogP contribution in [0.25, 0.3) is 0 Å². The highest BCUT2D eigenvalue weighted by molar-refractivity contribution is 7.80. The molecule has 0 radical (unpaired) electrons. The highest BCUT2D eigenvalue weighted by Crippen LogP contribution is 1.93. The Morgan fingerprint density at radius 1 is 1.50 bits per heavy atom. The van der Waals surface area contributed by atoms with E-state index in [0.29, 0.717) is 11.7 Å². The topological polar surface area (TPSA) is 51.1 Å². The Morgan fingerprint density at radius 3 is 2.88 bits per heavy atom. The van der Waals surface area contributed by atoms with E-state index in [0.717, 1.165) is 25.2 Å². The third-order valence-corrected chi connectivity index (χ3v) is 2.32. The lowest BCUT2D eigenvalue weighted by molar-refractivity contribution is 0.204. The number of methoxy groups -OCH3 is 1. The van der Waals surface area contributed by atoms with Crippen LogP contribution in [-0.4, -0.2) is 41.7 Å². The van der Waals surface area contributed by atoms with Crippen LogP contribution in [0.3, 0.4) is 0 Å². The van der Waals surface area contributed by atoms with E-state index in [1.54, 1.807) is 11.8 Å². The summed E-state index contributed by atoms with van der Waals surface area (Å²) in [5, 5.41) is 11.1. The van der Waals surface area contributed by atoms with Crippen molar-refractivity contribution < 1.29 is 4.74 Å². The maximum Gasteiger partial charge on any atom is 0.166 e. The number of nitrogens with zero attached hydrogens (tertiary/aromatic N) is 2. The van der Waals surface area contributed by atoms with Gasteiger partial charge in [0.05, 0.1) is 12.3 Å². The predicted molar refractivity (Wildman–Crippen MR) is 67.4 cm³/mol. The fourth-order valence-corrected chi connectivity index (χ4v) is 1.43. The first-order valence-corrected chi connectivity index (χ1v) is 5.62. The molecule has 1 aromatic rings. The maximum absolute atomic E-state index is 5.08. The van der Waals surface area contributed by atoms with Crippen LogP contribution >= 0.6 is 12.2 Å². The second kappa shape index (κ2) is 7.19. The van der Waals surface area contributed by atoms with Crippen LogP contribution in [0, 0.1) is 0 Å². The second-order valence-corrected chi connectivity index (χ2v) is 3.81. The average Bonchev–Trinajstić information content (AvgIpc) is 2.65. The summed E-state index contributed by atoms with van der Waals surface area (Å²) in [7, 11) is 3.58. The molecule has 0 amide bonds. The fourth-order valence-electron chi connectivity index (χ4n) is 1.23. The molecule has 90 valence electrons. The van der Waals surface area contributed by atoms with Gasteiger partial charge in [0.25, 0.3) is 0 Å². The van der Waals surface area contributed by atoms with Crippen molar-refractivity contribution in [2.45, 2.75) is 6.42 Å². The standard InChI is InChI=1S/C10H18N4OS/c1-14-7-4-9(13-14)3-5-11-10(16)12-6-8-15-2/h4,7H,3,5-6,8H2,1-2H3,(H2,11,12,16). The molecule has 0 saturated carbocycles. The van der Waals surface area contributed by atoms with Crippen LogP contribution in [0.5, 0.6) is 0 Å². The van der Waals surface area contributed by atoms with Gasteiger partial charge in [-0.15, -0.1) is 0 Å². The van der Waals surface area contributed by atoms with Crippen molar-refractivity contribution in [2.75, 3.05) is 26.8 Å². The van der Waals surface area contributed by atoms with E-state index in [9.17, 15) is 0 Å². The van der Waals surface area contributed by atoms with Crippen LogP contribution in [0.2, 0.25) is 0 Å². The van der Waals surface area contributed by atoms with Gasteiger partial charge in [0.2, 0.25) is 0 Å². The zero-order chi connectivity index (χ0) is 11.8. The van der Waals surface area contributed by atoms with Gasteiger partial charge in [-0.2, -0.15) is 5.10 Å². The Balaban J connectivity index is 2.08. The van der Waals surface area contributed by atoms with E-state index in [2.05, 4.69) is 15.7 Å². The fraction of sp³-hybridized carbons (Fsp3) is 0.600. The number of nitrogens with one attached hydrogen (secondary N) is 2. The summed E-state index contributed by atoms with van der Waals surface area (Å²) in [5.41, 5.74) is 1.06. The lowest BCUT2D eigenvalue weighted by Gasteiger charge is -2.08. The van der Waals surface area contributed by atoms with E-state index in [4.69, 9.17) is 17.0 Å². The van der Waals surface area contributed by atoms with Crippen LogP contribution in [0.4, 0.5) is 0 Å². The first-order chi connectivity index (χ1) is 7.72. The third kappa shape index (κ3) is 5.09. The Labute approximate surface area is 101 Å². The molecule has 6 heteroatoms. The Bertz CT molecular complexity index is 326. The van der Waals surface area contributed by atoms with Gasteiger partial charge in [-0.05, 0) is 18.3 Å². The molecule has 0 spiro atoms. The number of thiocarbonyl (C=S) groups is 1. The van der Waals surface area contributed by atoms with Crippen molar-refractivity contribution >= 4 is 17.3 Å². The zero-order valence-electron chi connectivity index (χ0n) is 9.69. The average molecular weight is 242 g/mol. The molecule has 2 N–H and O–H groups in total. The van der Waals surface area contributed by atoms with Crippen molar-refractivity contribution in [3.05, 3.63) is 18.0 Å². The van der Waals surface area contributed by atoms with E-state index in [-0.39, 0.29) is 0 Å². The van der Waals surface area contributed by atoms with Gasteiger partial charge in [0.15, 0.2) is 5.11 Å². The number of ether oxygens (including phenoxy) is 1. The van der Waals surface area contributed by atoms with E-state index in [1.165, 1.54) is 0 Å². The van der Waals surface area contributed by atoms with Crippen molar-refractivity contribution in [3.8, 4) is 0 Å². The Kier molecular flexibility index (Phi) is 5.81. The Hall–Kier alpha value is -1.14. The van der Waals surface area contributed by atoms with Crippen LogP contribution < -0.4 is 10.6 Å². The molecule has 1 aromatic heterocycles. The highest BCUT2D eigenvalue weighted by Gasteiger charge is 1.98. The lowest BCUT2D eigenvalue weighted by atomic mass is 10.3. The largest absolute Gasteiger partial charge is 0.383 e. The summed E-state index contributed by atoms with van der Waals surface area (Å²) in [6.45, 7) is 2.17. The van der Waals surface area contributed by atoms with Gasteiger partial charge >= 0.3 is 0 Å². The van der Waals surface area contributed by atoms with E-state index < -0.39 is 0 Å². The van der Waals surface area contributed by atoms with Gasteiger partial charge in [-0.25, -0.2) is 0 Å². The monoisotopic (exact) mass is 242 g/mol. The molecule has 0 atom stereocenters. The first-order valence-electron chi connectivity index (χ1n) is 5.21. The molecule has 0 unspecified atom stereocenters.